The molecule has 2 aromatic carbocycles. The van der Waals surface area contributed by atoms with E-state index in [0.717, 1.165) is 11.1 Å². The summed E-state index contributed by atoms with van der Waals surface area (Å²) in [5, 5.41) is 11.5. The first-order chi connectivity index (χ1) is 9.67. The van der Waals surface area contributed by atoms with E-state index in [0.29, 0.717) is 24.2 Å². The Morgan fingerprint density at radius 3 is 2.55 bits per heavy atom. The monoisotopic (exact) mass is 265 g/mol. The maximum Gasteiger partial charge on any atom is 0.224 e. The number of anilines is 1. The van der Waals surface area contributed by atoms with Gasteiger partial charge < -0.3 is 11.1 Å². The average molecular weight is 265 g/mol. The maximum absolute atomic E-state index is 11.8. The van der Waals surface area contributed by atoms with Crippen molar-refractivity contribution in [1.29, 1.82) is 5.26 Å². The van der Waals surface area contributed by atoms with Crippen LogP contribution in [-0.4, -0.2) is 5.91 Å². The number of amides is 1. The molecule has 0 fully saturated rings. The summed E-state index contributed by atoms with van der Waals surface area (Å²) < 4.78 is 0. The lowest BCUT2D eigenvalue weighted by molar-refractivity contribution is -0.120. The standard InChI is InChI=1S/C16H15N3O/c17-10-12-4-6-13(7-5-12)11-19-16(20)9-14-2-1-3-15(18)8-14/h1-8H,9,11,18H2,(H,19,20). The minimum Gasteiger partial charge on any atom is -0.399 e. The quantitative estimate of drug-likeness (QED) is 0.830. The molecule has 0 heterocycles. The molecule has 4 nitrogen and oxygen atoms in total. The highest BCUT2D eigenvalue weighted by Gasteiger charge is 2.03. The Labute approximate surface area is 117 Å². The lowest BCUT2D eigenvalue weighted by Crippen LogP contribution is -2.24. The van der Waals surface area contributed by atoms with Gasteiger partial charge in [-0.3, -0.25) is 4.79 Å². The topological polar surface area (TPSA) is 78.9 Å². The number of nitrogens with one attached hydrogen (secondary N) is 1. The normalized spacial score (nSPS) is 9.75. The third kappa shape index (κ3) is 3.85. The number of nitrogens with two attached hydrogens (primary N) is 1. The molecule has 0 radical (unpaired) electrons. The van der Waals surface area contributed by atoms with E-state index < -0.39 is 0 Å². The summed E-state index contributed by atoms with van der Waals surface area (Å²) in [6.45, 7) is 0.451. The van der Waals surface area contributed by atoms with Crippen molar-refractivity contribution in [1.82, 2.24) is 5.32 Å². The molecule has 2 rings (SSSR count). The van der Waals surface area contributed by atoms with Crippen molar-refractivity contribution in [3.05, 3.63) is 65.2 Å². The van der Waals surface area contributed by atoms with E-state index in [-0.39, 0.29) is 5.91 Å². The number of carbonyl (C=O) groups excluding carboxylic acids is 1. The molecule has 0 saturated heterocycles. The van der Waals surface area contributed by atoms with Crippen LogP contribution >= 0.6 is 0 Å². The molecule has 20 heavy (non-hydrogen) atoms. The second-order valence-electron chi connectivity index (χ2n) is 4.51. The van der Waals surface area contributed by atoms with Gasteiger partial charge in [-0.05, 0) is 35.4 Å². The summed E-state index contributed by atoms with van der Waals surface area (Å²) in [4.78, 5) is 11.8. The van der Waals surface area contributed by atoms with Gasteiger partial charge in [-0.15, -0.1) is 0 Å². The zero-order valence-corrected chi connectivity index (χ0v) is 11.0. The molecule has 0 bridgehead atoms. The largest absolute Gasteiger partial charge is 0.399 e. The molecule has 100 valence electrons. The van der Waals surface area contributed by atoms with Crippen LogP contribution in [0.15, 0.2) is 48.5 Å². The zero-order chi connectivity index (χ0) is 14.4. The lowest BCUT2D eigenvalue weighted by Gasteiger charge is -2.06. The molecule has 0 aliphatic heterocycles. The second kappa shape index (κ2) is 6.39. The number of hydrogen-bond donors (Lipinski definition) is 2. The van der Waals surface area contributed by atoms with Crippen LogP contribution in [0.4, 0.5) is 5.69 Å². The molecule has 0 aliphatic rings. The van der Waals surface area contributed by atoms with Gasteiger partial charge in [-0.25, -0.2) is 0 Å². The summed E-state index contributed by atoms with van der Waals surface area (Å²) >= 11 is 0. The Balaban J connectivity index is 1.87. The van der Waals surface area contributed by atoms with Crippen LogP contribution < -0.4 is 11.1 Å². The molecule has 0 unspecified atom stereocenters. The number of nitrogen functional groups attached to an aromatic ring is 1. The summed E-state index contributed by atoms with van der Waals surface area (Å²) in [5.41, 5.74) is 8.79. The molecule has 0 aliphatic carbocycles. The van der Waals surface area contributed by atoms with Crippen LogP contribution in [0.2, 0.25) is 0 Å². The second-order valence-corrected chi connectivity index (χ2v) is 4.51. The highest BCUT2D eigenvalue weighted by atomic mass is 16.1. The van der Waals surface area contributed by atoms with Gasteiger partial charge in [0.2, 0.25) is 5.91 Å². The van der Waals surface area contributed by atoms with Crippen molar-refractivity contribution in [2.75, 3.05) is 5.73 Å². The number of nitriles is 1. The van der Waals surface area contributed by atoms with Crippen molar-refractivity contribution >= 4 is 11.6 Å². The van der Waals surface area contributed by atoms with Crippen LogP contribution in [0.25, 0.3) is 0 Å². The number of benzene rings is 2. The van der Waals surface area contributed by atoms with Crippen molar-refractivity contribution in [3.63, 3.8) is 0 Å². The van der Waals surface area contributed by atoms with Gasteiger partial charge in [0.05, 0.1) is 18.1 Å². The van der Waals surface area contributed by atoms with Crippen LogP contribution in [0.1, 0.15) is 16.7 Å². The van der Waals surface area contributed by atoms with Gasteiger partial charge >= 0.3 is 0 Å². The lowest BCUT2D eigenvalue weighted by atomic mass is 10.1. The Kier molecular flexibility index (Phi) is 4.35. The molecule has 1 amide bonds. The van der Waals surface area contributed by atoms with Gasteiger partial charge in [0.1, 0.15) is 0 Å². The molecular weight excluding hydrogens is 250 g/mol. The van der Waals surface area contributed by atoms with Crippen LogP contribution in [0, 0.1) is 11.3 Å². The number of rotatable bonds is 4. The Morgan fingerprint density at radius 2 is 1.90 bits per heavy atom. The molecule has 0 aromatic heterocycles. The van der Waals surface area contributed by atoms with Gasteiger partial charge in [0.25, 0.3) is 0 Å². The van der Waals surface area contributed by atoms with Crippen molar-refractivity contribution < 1.29 is 4.79 Å². The van der Waals surface area contributed by atoms with Gasteiger partial charge in [0, 0.05) is 12.2 Å². The molecule has 4 heteroatoms. The van der Waals surface area contributed by atoms with Crippen LogP contribution in [0.5, 0.6) is 0 Å². The summed E-state index contributed by atoms with van der Waals surface area (Å²) in [5.74, 6) is -0.0556. The highest BCUT2D eigenvalue weighted by molar-refractivity contribution is 5.78. The summed E-state index contributed by atoms with van der Waals surface area (Å²) in [7, 11) is 0. The Hall–Kier alpha value is -2.80. The maximum atomic E-state index is 11.8. The minimum atomic E-state index is -0.0556. The Morgan fingerprint density at radius 1 is 1.15 bits per heavy atom. The SMILES string of the molecule is N#Cc1ccc(CNC(=O)Cc2cccc(N)c2)cc1. The fourth-order valence-corrected chi connectivity index (χ4v) is 1.85. The van der Waals surface area contributed by atoms with Gasteiger partial charge in [0.15, 0.2) is 0 Å². The highest BCUT2D eigenvalue weighted by Crippen LogP contribution is 2.07. The zero-order valence-electron chi connectivity index (χ0n) is 11.0. The van der Waals surface area contributed by atoms with Gasteiger partial charge in [-0.2, -0.15) is 5.26 Å². The van der Waals surface area contributed by atoms with Crippen LogP contribution in [0.3, 0.4) is 0 Å². The third-order valence-corrected chi connectivity index (χ3v) is 2.89. The molecule has 3 N–H and O–H groups in total. The van der Waals surface area contributed by atoms with Gasteiger partial charge in [-0.1, -0.05) is 24.3 Å². The molecule has 0 spiro atoms. The van der Waals surface area contributed by atoms with Crippen LogP contribution in [-0.2, 0) is 17.8 Å². The summed E-state index contributed by atoms with van der Waals surface area (Å²) in [6, 6.07) is 16.5. The minimum absolute atomic E-state index is 0.0556. The first-order valence-electron chi connectivity index (χ1n) is 6.27. The molecule has 0 atom stereocenters. The van der Waals surface area contributed by atoms with E-state index in [1.165, 1.54) is 0 Å². The van der Waals surface area contributed by atoms with Crippen molar-refractivity contribution in [2.45, 2.75) is 13.0 Å². The first kappa shape index (κ1) is 13.6. The molecule has 2 aromatic rings. The van der Waals surface area contributed by atoms with E-state index in [1.807, 2.05) is 24.3 Å². The third-order valence-electron chi connectivity index (χ3n) is 2.89. The van der Waals surface area contributed by atoms with E-state index in [4.69, 9.17) is 11.0 Å². The van der Waals surface area contributed by atoms with E-state index in [9.17, 15) is 4.79 Å². The van der Waals surface area contributed by atoms with Crippen molar-refractivity contribution in [2.24, 2.45) is 0 Å². The fourth-order valence-electron chi connectivity index (χ4n) is 1.85. The van der Waals surface area contributed by atoms with E-state index >= 15 is 0 Å². The van der Waals surface area contributed by atoms with E-state index in [1.54, 1.807) is 24.3 Å². The molecular formula is C16H15N3O. The first-order valence-corrected chi connectivity index (χ1v) is 6.27. The van der Waals surface area contributed by atoms with E-state index in [2.05, 4.69) is 11.4 Å². The predicted octanol–water partition coefficient (Wildman–Crippen LogP) is 2.00. The predicted molar refractivity (Wildman–Crippen MR) is 77.6 cm³/mol. The molecule has 0 saturated carbocycles. The average Bonchev–Trinajstić information content (AvgIpc) is 2.46. The number of carbonyl (C=O) groups is 1. The smallest absolute Gasteiger partial charge is 0.224 e. The Bertz CT molecular complexity index is 642. The summed E-state index contributed by atoms with van der Waals surface area (Å²) in [6.07, 6.45) is 0.307. The fraction of sp³-hybridized carbons (Fsp3) is 0.125. The number of nitrogens with zero attached hydrogens (tertiary/aromatic N) is 1. The number of hydrogen-bond acceptors (Lipinski definition) is 3. The van der Waals surface area contributed by atoms with Crippen molar-refractivity contribution in [3.8, 4) is 6.07 Å².